The van der Waals surface area contributed by atoms with E-state index >= 15 is 0 Å². The first-order valence-corrected chi connectivity index (χ1v) is 6.84. The van der Waals surface area contributed by atoms with Crippen molar-refractivity contribution in [3.63, 3.8) is 0 Å². The molecule has 1 unspecified atom stereocenters. The van der Waals surface area contributed by atoms with E-state index in [1.165, 1.54) is 5.56 Å². The molecule has 0 bridgehead atoms. The maximum Gasteiger partial charge on any atom is 0.230 e. The van der Waals surface area contributed by atoms with Crippen molar-refractivity contribution < 1.29 is 9.90 Å². The van der Waals surface area contributed by atoms with Gasteiger partial charge in [0, 0.05) is 13.2 Å². The predicted octanol–water partition coefficient (Wildman–Crippen LogP) is 2.41. The van der Waals surface area contributed by atoms with Crippen molar-refractivity contribution in [3.05, 3.63) is 35.4 Å². The van der Waals surface area contributed by atoms with E-state index in [0.29, 0.717) is 18.9 Å². The Bertz CT molecular complexity index is 409. The SMILES string of the molecule is Cc1ccc(C(C)(C)C(=O)NCC(C)CCO)cc1. The second-order valence-corrected chi connectivity index (χ2v) is 5.82. The molecule has 0 saturated heterocycles. The van der Waals surface area contributed by atoms with Crippen LogP contribution >= 0.6 is 0 Å². The number of rotatable bonds is 6. The Morgan fingerprint density at radius 2 is 1.89 bits per heavy atom. The highest BCUT2D eigenvalue weighted by molar-refractivity contribution is 5.87. The molecule has 0 fully saturated rings. The molecule has 1 amide bonds. The minimum absolute atomic E-state index is 0.0288. The fourth-order valence-electron chi connectivity index (χ4n) is 1.91. The molecule has 2 N–H and O–H groups in total. The van der Waals surface area contributed by atoms with E-state index in [4.69, 9.17) is 5.11 Å². The molecule has 106 valence electrons. The van der Waals surface area contributed by atoms with Crippen molar-refractivity contribution in [1.29, 1.82) is 0 Å². The van der Waals surface area contributed by atoms with Gasteiger partial charge >= 0.3 is 0 Å². The normalized spacial score (nSPS) is 13.1. The molecule has 0 saturated carbocycles. The van der Waals surface area contributed by atoms with Gasteiger partial charge in [0.1, 0.15) is 0 Å². The van der Waals surface area contributed by atoms with Crippen LogP contribution in [0.1, 0.15) is 38.3 Å². The Hall–Kier alpha value is -1.35. The van der Waals surface area contributed by atoms with Gasteiger partial charge in [0.15, 0.2) is 0 Å². The zero-order valence-corrected chi connectivity index (χ0v) is 12.4. The lowest BCUT2D eigenvalue weighted by atomic mass is 9.83. The number of aliphatic hydroxyl groups excluding tert-OH is 1. The zero-order valence-electron chi connectivity index (χ0n) is 12.4. The monoisotopic (exact) mass is 263 g/mol. The third-order valence-corrected chi connectivity index (χ3v) is 3.57. The van der Waals surface area contributed by atoms with Crippen LogP contribution in [-0.4, -0.2) is 24.2 Å². The molecule has 0 aromatic heterocycles. The predicted molar refractivity (Wildman–Crippen MR) is 78.1 cm³/mol. The second-order valence-electron chi connectivity index (χ2n) is 5.82. The van der Waals surface area contributed by atoms with E-state index in [1.807, 2.05) is 52.0 Å². The summed E-state index contributed by atoms with van der Waals surface area (Å²) in [6, 6.07) is 8.07. The molecule has 3 heteroatoms. The summed E-state index contributed by atoms with van der Waals surface area (Å²) in [5.41, 5.74) is 1.68. The summed E-state index contributed by atoms with van der Waals surface area (Å²) in [4.78, 5) is 12.3. The molecule has 1 aromatic rings. The van der Waals surface area contributed by atoms with Crippen molar-refractivity contribution in [2.24, 2.45) is 5.92 Å². The molecule has 1 aromatic carbocycles. The van der Waals surface area contributed by atoms with Gasteiger partial charge in [-0.15, -0.1) is 0 Å². The topological polar surface area (TPSA) is 49.3 Å². The first-order valence-electron chi connectivity index (χ1n) is 6.84. The first-order chi connectivity index (χ1) is 8.87. The first kappa shape index (κ1) is 15.7. The van der Waals surface area contributed by atoms with E-state index in [0.717, 1.165) is 5.56 Å². The number of aryl methyl sites for hydroxylation is 1. The van der Waals surface area contributed by atoms with Crippen LogP contribution in [0, 0.1) is 12.8 Å². The number of benzene rings is 1. The highest BCUT2D eigenvalue weighted by Gasteiger charge is 2.29. The van der Waals surface area contributed by atoms with Crippen LogP contribution in [0.3, 0.4) is 0 Å². The number of amides is 1. The van der Waals surface area contributed by atoms with Crippen molar-refractivity contribution >= 4 is 5.91 Å². The van der Waals surface area contributed by atoms with E-state index in [2.05, 4.69) is 5.32 Å². The molecule has 0 heterocycles. The average molecular weight is 263 g/mol. The third kappa shape index (κ3) is 4.35. The standard InChI is InChI=1S/C16H25NO2/c1-12-5-7-14(8-6-12)16(3,4)15(19)17-11-13(2)9-10-18/h5-8,13,18H,9-11H2,1-4H3,(H,17,19). The molecule has 19 heavy (non-hydrogen) atoms. The van der Waals surface area contributed by atoms with Crippen LogP contribution in [0.15, 0.2) is 24.3 Å². The van der Waals surface area contributed by atoms with Gasteiger partial charge in [0.2, 0.25) is 5.91 Å². The molecule has 0 radical (unpaired) electrons. The van der Waals surface area contributed by atoms with E-state index < -0.39 is 5.41 Å². The van der Waals surface area contributed by atoms with Gasteiger partial charge in [-0.25, -0.2) is 0 Å². The highest BCUT2D eigenvalue weighted by Crippen LogP contribution is 2.23. The summed E-state index contributed by atoms with van der Waals surface area (Å²) in [6.45, 7) is 8.70. The van der Waals surface area contributed by atoms with Crippen molar-refractivity contribution in [2.45, 2.75) is 39.5 Å². The second kappa shape index (κ2) is 6.71. The minimum atomic E-state index is -0.535. The Kier molecular flexibility index (Phi) is 5.55. The van der Waals surface area contributed by atoms with E-state index in [-0.39, 0.29) is 12.5 Å². The largest absolute Gasteiger partial charge is 0.396 e. The fraction of sp³-hybridized carbons (Fsp3) is 0.562. The van der Waals surface area contributed by atoms with E-state index in [9.17, 15) is 4.79 Å². The number of aliphatic hydroxyl groups is 1. The molecule has 0 aliphatic rings. The molecule has 0 aliphatic carbocycles. The average Bonchev–Trinajstić information content (AvgIpc) is 2.36. The summed E-state index contributed by atoms with van der Waals surface area (Å²) < 4.78 is 0. The Labute approximate surface area is 116 Å². The summed E-state index contributed by atoms with van der Waals surface area (Å²) in [5, 5.41) is 11.8. The molecule has 3 nitrogen and oxygen atoms in total. The van der Waals surface area contributed by atoms with Gasteiger partial charge in [0.05, 0.1) is 5.41 Å². The van der Waals surface area contributed by atoms with Gasteiger partial charge in [-0.2, -0.15) is 0 Å². The van der Waals surface area contributed by atoms with Crippen LogP contribution < -0.4 is 5.32 Å². The third-order valence-electron chi connectivity index (χ3n) is 3.57. The lowest BCUT2D eigenvalue weighted by Gasteiger charge is -2.25. The van der Waals surface area contributed by atoms with Crippen molar-refractivity contribution in [3.8, 4) is 0 Å². The summed E-state index contributed by atoms with van der Waals surface area (Å²) >= 11 is 0. The lowest BCUT2D eigenvalue weighted by Crippen LogP contribution is -2.41. The Morgan fingerprint density at radius 1 is 1.32 bits per heavy atom. The van der Waals surface area contributed by atoms with Gasteiger partial charge < -0.3 is 10.4 Å². The van der Waals surface area contributed by atoms with Crippen LogP contribution in [0.25, 0.3) is 0 Å². The van der Waals surface area contributed by atoms with E-state index in [1.54, 1.807) is 0 Å². The van der Waals surface area contributed by atoms with Crippen LogP contribution in [0.5, 0.6) is 0 Å². The molecule has 0 aliphatic heterocycles. The smallest absolute Gasteiger partial charge is 0.230 e. The number of nitrogens with one attached hydrogen (secondary N) is 1. The summed E-state index contributed by atoms with van der Waals surface area (Å²) in [7, 11) is 0. The molecular formula is C16H25NO2. The fourth-order valence-corrected chi connectivity index (χ4v) is 1.91. The Morgan fingerprint density at radius 3 is 2.42 bits per heavy atom. The summed E-state index contributed by atoms with van der Waals surface area (Å²) in [5.74, 6) is 0.323. The van der Waals surface area contributed by atoms with Crippen LogP contribution in [0.4, 0.5) is 0 Å². The number of hydrogen-bond acceptors (Lipinski definition) is 2. The number of carbonyl (C=O) groups excluding carboxylic acids is 1. The minimum Gasteiger partial charge on any atom is -0.396 e. The van der Waals surface area contributed by atoms with Gasteiger partial charge in [0.25, 0.3) is 0 Å². The maximum absolute atomic E-state index is 12.3. The highest BCUT2D eigenvalue weighted by atomic mass is 16.3. The Balaban J connectivity index is 2.66. The molecule has 1 atom stereocenters. The molecular weight excluding hydrogens is 238 g/mol. The maximum atomic E-state index is 12.3. The van der Waals surface area contributed by atoms with Crippen molar-refractivity contribution in [1.82, 2.24) is 5.32 Å². The zero-order chi connectivity index (χ0) is 14.5. The van der Waals surface area contributed by atoms with Gasteiger partial charge in [-0.1, -0.05) is 36.8 Å². The quantitative estimate of drug-likeness (QED) is 0.828. The van der Waals surface area contributed by atoms with Gasteiger partial charge in [-0.3, -0.25) is 4.79 Å². The summed E-state index contributed by atoms with van der Waals surface area (Å²) in [6.07, 6.45) is 0.714. The van der Waals surface area contributed by atoms with Crippen LogP contribution in [0.2, 0.25) is 0 Å². The van der Waals surface area contributed by atoms with Crippen LogP contribution in [-0.2, 0) is 10.2 Å². The molecule has 1 rings (SSSR count). The lowest BCUT2D eigenvalue weighted by molar-refractivity contribution is -0.125. The van der Waals surface area contributed by atoms with Gasteiger partial charge in [-0.05, 0) is 38.7 Å². The molecule has 0 spiro atoms. The van der Waals surface area contributed by atoms with Crippen molar-refractivity contribution in [2.75, 3.05) is 13.2 Å². The number of hydrogen-bond donors (Lipinski definition) is 2. The number of carbonyl (C=O) groups is 1.